The highest BCUT2D eigenvalue weighted by atomic mass is 16.5. The number of fused-ring (bicyclic) bond motifs is 1. The number of hydrogen-bond acceptors (Lipinski definition) is 3. The van der Waals surface area contributed by atoms with Crippen LogP contribution in [0.25, 0.3) is 0 Å². The molecule has 2 N–H and O–H groups in total. The minimum absolute atomic E-state index is 0.0156. The zero-order valence-electron chi connectivity index (χ0n) is 11.3. The summed E-state index contributed by atoms with van der Waals surface area (Å²) in [6, 6.07) is 7.59. The summed E-state index contributed by atoms with van der Waals surface area (Å²) in [4.78, 5) is 19.7. The van der Waals surface area contributed by atoms with Gasteiger partial charge in [0.15, 0.2) is 0 Å². The Balaban J connectivity index is 1.74. The molecule has 104 valence electrons. The first-order valence-electron chi connectivity index (χ1n) is 6.81. The predicted molar refractivity (Wildman–Crippen MR) is 74.4 cm³/mol. The zero-order chi connectivity index (χ0) is 13.9. The van der Waals surface area contributed by atoms with Crippen LogP contribution in [-0.4, -0.2) is 22.5 Å². The van der Waals surface area contributed by atoms with E-state index < -0.39 is 0 Å². The van der Waals surface area contributed by atoms with Crippen molar-refractivity contribution in [2.75, 3.05) is 6.61 Å². The lowest BCUT2D eigenvalue weighted by Gasteiger charge is -2.17. The number of carbonyl (C=O) groups excluding carboxylic acids is 1. The van der Waals surface area contributed by atoms with E-state index in [9.17, 15) is 4.79 Å². The van der Waals surface area contributed by atoms with Crippen molar-refractivity contribution in [3.05, 3.63) is 48.0 Å². The van der Waals surface area contributed by atoms with Crippen LogP contribution in [0.5, 0.6) is 5.75 Å². The van der Waals surface area contributed by atoms with E-state index in [1.807, 2.05) is 31.2 Å². The van der Waals surface area contributed by atoms with Crippen LogP contribution in [0.4, 0.5) is 0 Å². The number of nitrogens with one attached hydrogen (secondary N) is 2. The van der Waals surface area contributed by atoms with Crippen molar-refractivity contribution in [3.8, 4) is 5.75 Å². The number of nitrogens with zero attached hydrogens (tertiary/aromatic N) is 1. The maximum absolute atomic E-state index is 12.4. The summed E-state index contributed by atoms with van der Waals surface area (Å²) in [7, 11) is 0. The molecule has 0 saturated carbocycles. The van der Waals surface area contributed by atoms with Gasteiger partial charge in [0, 0.05) is 18.0 Å². The van der Waals surface area contributed by atoms with Crippen LogP contribution in [0.2, 0.25) is 0 Å². The first-order chi connectivity index (χ1) is 9.79. The average Bonchev–Trinajstić information content (AvgIpc) is 3.13. The lowest BCUT2D eigenvalue weighted by atomic mass is 10.00. The maximum atomic E-state index is 12.4. The van der Waals surface area contributed by atoms with E-state index in [1.54, 1.807) is 12.4 Å². The van der Waals surface area contributed by atoms with Crippen molar-refractivity contribution in [1.82, 2.24) is 15.3 Å². The van der Waals surface area contributed by atoms with Gasteiger partial charge in [-0.05, 0) is 12.5 Å². The smallest absolute Gasteiger partial charge is 0.231 e. The quantitative estimate of drug-likeness (QED) is 0.895. The van der Waals surface area contributed by atoms with Gasteiger partial charge >= 0.3 is 0 Å². The highest BCUT2D eigenvalue weighted by molar-refractivity contribution is 5.85. The Hall–Kier alpha value is -2.30. The molecule has 3 rings (SSSR count). The van der Waals surface area contributed by atoms with Gasteiger partial charge in [-0.2, -0.15) is 0 Å². The van der Waals surface area contributed by atoms with Crippen molar-refractivity contribution in [3.63, 3.8) is 0 Å². The van der Waals surface area contributed by atoms with E-state index in [1.165, 1.54) is 0 Å². The maximum Gasteiger partial charge on any atom is 0.231 e. The molecule has 0 fully saturated rings. The minimum Gasteiger partial charge on any atom is -0.492 e. The fourth-order valence-corrected chi connectivity index (χ4v) is 2.48. The Labute approximate surface area is 117 Å². The molecule has 1 aromatic heterocycles. The van der Waals surface area contributed by atoms with E-state index in [4.69, 9.17) is 4.74 Å². The number of imidazole rings is 1. The number of benzene rings is 1. The van der Waals surface area contributed by atoms with E-state index in [-0.39, 0.29) is 17.9 Å². The van der Waals surface area contributed by atoms with Gasteiger partial charge in [-0.1, -0.05) is 25.1 Å². The number of ether oxygens (including phenoxy) is 1. The van der Waals surface area contributed by atoms with Gasteiger partial charge in [-0.15, -0.1) is 0 Å². The van der Waals surface area contributed by atoms with Gasteiger partial charge in [-0.3, -0.25) is 4.79 Å². The number of rotatable bonds is 4. The fourth-order valence-electron chi connectivity index (χ4n) is 2.48. The third-order valence-electron chi connectivity index (χ3n) is 3.59. The number of hydrogen-bond donors (Lipinski definition) is 2. The van der Waals surface area contributed by atoms with Gasteiger partial charge in [0.1, 0.15) is 24.1 Å². The SMILES string of the molecule is CCC(NC(=O)C1COc2ccccc21)c1ncc[nH]1. The lowest BCUT2D eigenvalue weighted by Crippen LogP contribution is -2.33. The van der Waals surface area contributed by atoms with Crippen LogP contribution < -0.4 is 10.1 Å². The molecule has 2 atom stereocenters. The molecule has 0 saturated heterocycles. The molecule has 0 aliphatic carbocycles. The monoisotopic (exact) mass is 271 g/mol. The molecule has 1 aromatic carbocycles. The molecule has 0 spiro atoms. The first kappa shape index (κ1) is 12.7. The summed E-state index contributed by atoms with van der Waals surface area (Å²) >= 11 is 0. The van der Waals surface area contributed by atoms with Crippen LogP contribution in [0.15, 0.2) is 36.7 Å². The molecule has 20 heavy (non-hydrogen) atoms. The van der Waals surface area contributed by atoms with Gasteiger partial charge in [0.2, 0.25) is 5.91 Å². The molecule has 5 heteroatoms. The Morgan fingerprint density at radius 2 is 2.40 bits per heavy atom. The second-order valence-electron chi connectivity index (χ2n) is 4.85. The number of aromatic nitrogens is 2. The van der Waals surface area contributed by atoms with Crippen molar-refractivity contribution in [2.24, 2.45) is 0 Å². The summed E-state index contributed by atoms with van der Waals surface area (Å²) in [5, 5.41) is 3.04. The van der Waals surface area contributed by atoms with E-state index in [0.29, 0.717) is 6.61 Å². The average molecular weight is 271 g/mol. The number of para-hydroxylation sites is 1. The van der Waals surface area contributed by atoms with Crippen molar-refractivity contribution >= 4 is 5.91 Å². The molecular formula is C15H17N3O2. The highest BCUT2D eigenvalue weighted by Gasteiger charge is 2.31. The van der Waals surface area contributed by atoms with Crippen LogP contribution in [0, 0.1) is 0 Å². The Morgan fingerprint density at radius 3 is 3.15 bits per heavy atom. The summed E-state index contributed by atoms with van der Waals surface area (Å²) in [5.74, 6) is 1.33. The molecule has 1 aliphatic rings. The standard InChI is InChI=1S/C15H17N3O2/c1-2-12(14-16-7-8-17-14)18-15(19)11-9-20-13-6-4-3-5-10(11)13/h3-8,11-12H,2,9H2,1H3,(H,16,17)(H,18,19). The van der Waals surface area contributed by atoms with Crippen LogP contribution in [0.1, 0.15) is 36.7 Å². The highest BCUT2D eigenvalue weighted by Crippen LogP contribution is 2.33. The molecule has 1 aliphatic heterocycles. The fraction of sp³-hybridized carbons (Fsp3) is 0.333. The van der Waals surface area contributed by atoms with E-state index >= 15 is 0 Å². The van der Waals surface area contributed by atoms with Crippen LogP contribution in [0.3, 0.4) is 0 Å². The van der Waals surface area contributed by atoms with Gasteiger partial charge < -0.3 is 15.0 Å². The summed E-state index contributed by atoms with van der Waals surface area (Å²) < 4.78 is 5.55. The summed E-state index contributed by atoms with van der Waals surface area (Å²) in [6.45, 7) is 2.42. The number of amides is 1. The predicted octanol–water partition coefficient (Wildman–Crippen LogP) is 2.15. The van der Waals surface area contributed by atoms with E-state index in [0.717, 1.165) is 23.6 Å². The zero-order valence-corrected chi connectivity index (χ0v) is 11.3. The summed E-state index contributed by atoms with van der Waals surface area (Å²) in [5.41, 5.74) is 0.958. The number of aromatic amines is 1. The Morgan fingerprint density at radius 1 is 1.55 bits per heavy atom. The summed E-state index contributed by atoms with van der Waals surface area (Å²) in [6.07, 6.45) is 4.24. The molecule has 2 heterocycles. The van der Waals surface area contributed by atoms with Crippen LogP contribution in [-0.2, 0) is 4.79 Å². The first-order valence-corrected chi connectivity index (χ1v) is 6.81. The molecule has 0 radical (unpaired) electrons. The Bertz CT molecular complexity index is 595. The number of carbonyl (C=O) groups is 1. The normalized spacial score (nSPS) is 18.1. The van der Waals surface area contributed by atoms with Gasteiger partial charge in [-0.25, -0.2) is 4.98 Å². The molecule has 5 nitrogen and oxygen atoms in total. The van der Waals surface area contributed by atoms with Gasteiger partial charge in [0.25, 0.3) is 0 Å². The largest absolute Gasteiger partial charge is 0.492 e. The molecule has 2 aromatic rings. The molecule has 1 amide bonds. The third kappa shape index (κ3) is 2.27. The van der Waals surface area contributed by atoms with Crippen LogP contribution >= 0.6 is 0 Å². The molecule has 2 unspecified atom stereocenters. The molecular weight excluding hydrogens is 254 g/mol. The lowest BCUT2D eigenvalue weighted by molar-refractivity contribution is -0.123. The second kappa shape index (κ2) is 5.36. The number of H-pyrrole nitrogens is 1. The molecule has 0 bridgehead atoms. The van der Waals surface area contributed by atoms with Gasteiger partial charge in [0.05, 0.1) is 6.04 Å². The Kier molecular flexibility index (Phi) is 3.41. The third-order valence-corrected chi connectivity index (χ3v) is 3.59. The topological polar surface area (TPSA) is 67.0 Å². The van der Waals surface area contributed by atoms with Crippen molar-refractivity contribution < 1.29 is 9.53 Å². The second-order valence-corrected chi connectivity index (χ2v) is 4.85. The van der Waals surface area contributed by atoms with Crippen molar-refractivity contribution in [1.29, 1.82) is 0 Å². The minimum atomic E-state index is -0.241. The van der Waals surface area contributed by atoms with Crippen molar-refractivity contribution in [2.45, 2.75) is 25.3 Å². The van der Waals surface area contributed by atoms with E-state index in [2.05, 4.69) is 15.3 Å².